The highest BCUT2D eigenvalue weighted by Gasteiger charge is 1.99. The Morgan fingerprint density at radius 2 is 1.89 bits per heavy atom. The summed E-state index contributed by atoms with van der Waals surface area (Å²) in [5, 5.41) is 6.26. The van der Waals surface area contributed by atoms with Gasteiger partial charge in [-0.2, -0.15) is 0 Å². The lowest BCUT2D eigenvalue weighted by molar-refractivity contribution is 0.340. The fourth-order valence-corrected chi connectivity index (χ4v) is 1.62. The van der Waals surface area contributed by atoms with E-state index < -0.39 is 0 Å². The van der Waals surface area contributed by atoms with Crippen LogP contribution in [0.5, 0.6) is 5.75 Å². The van der Waals surface area contributed by atoms with Crippen LogP contribution >= 0.6 is 0 Å². The van der Waals surface area contributed by atoms with Gasteiger partial charge in [0, 0.05) is 18.8 Å². The maximum absolute atomic E-state index is 5.46. The van der Waals surface area contributed by atoms with E-state index >= 15 is 0 Å². The van der Waals surface area contributed by atoms with Gasteiger partial charge in [0.05, 0.1) is 6.61 Å². The predicted octanol–water partition coefficient (Wildman–Crippen LogP) is 3.27. The smallest absolute Gasteiger partial charge is 0.132 e. The molecule has 0 radical (unpaired) electrons. The van der Waals surface area contributed by atoms with Crippen molar-refractivity contribution in [2.75, 3.05) is 24.3 Å². The van der Waals surface area contributed by atoms with Crippen molar-refractivity contribution in [1.82, 2.24) is 4.98 Å². The molecule has 0 aliphatic heterocycles. The number of aromatic nitrogens is 1. The normalized spacial score (nSPS) is 9.89. The van der Waals surface area contributed by atoms with Crippen molar-refractivity contribution in [3.63, 3.8) is 0 Å². The molecule has 0 bridgehead atoms. The van der Waals surface area contributed by atoms with E-state index in [2.05, 4.69) is 15.6 Å². The summed E-state index contributed by atoms with van der Waals surface area (Å²) in [6.07, 6.45) is 0. The van der Waals surface area contributed by atoms with Gasteiger partial charge in [-0.05, 0) is 31.2 Å². The van der Waals surface area contributed by atoms with Crippen molar-refractivity contribution in [3.05, 3.63) is 42.5 Å². The summed E-state index contributed by atoms with van der Waals surface area (Å²) in [5.74, 6) is 2.49. The first-order valence-corrected chi connectivity index (χ1v) is 5.96. The average Bonchev–Trinajstić information content (AvgIpc) is 2.40. The number of nitrogens with one attached hydrogen (secondary N) is 2. The Morgan fingerprint density at radius 1 is 1.11 bits per heavy atom. The highest BCUT2D eigenvalue weighted by molar-refractivity contribution is 5.59. The maximum Gasteiger partial charge on any atom is 0.132 e. The number of nitrogens with zero attached hydrogens (tertiary/aromatic N) is 1. The minimum absolute atomic E-state index is 0.664. The molecule has 1 heterocycles. The number of rotatable bonds is 5. The number of pyridine rings is 1. The van der Waals surface area contributed by atoms with Crippen molar-refractivity contribution in [3.8, 4) is 5.75 Å². The maximum atomic E-state index is 5.46. The van der Waals surface area contributed by atoms with Crippen LogP contribution in [-0.2, 0) is 0 Å². The first kappa shape index (κ1) is 12.2. The summed E-state index contributed by atoms with van der Waals surface area (Å²) in [4.78, 5) is 4.40. The molecule has 1 aromatic carbocycles. The van der Waals surface area contributed by atoms with Crippen LogP contribution in [0.1, 0.15) is 6.92 Å². The number of ether oxygens (including phenoxy) is 1. The molecule has 18 heavy (non-hydrogen) atoms. The van der Waals surface area contributed by atoms with Gasteiger partial charge in [-0.3, -0.25) is 0 Å². The van der Waals surface area contributed by atoms with Gasteiger partial charge in [0.15, 0.2) is 0 Å². The van der Waals surface area contributed by atoms with Crippen molar-refractivity contribution >= 4 is 17.3 Å². The van der Waals surface area contributed by atoms with Gasteiger partial charge in [0.25, 0.3) is 0 Å². The van der Waals surface area contributed by atoms with Crippen LogP contribution in [0, 0.1) is 0 Å². The van der Waals surface area contributed by atoms with Crippen molar-refractivity contribution in [1.29, 1.82) is 0 Å². The average molecular weight is 243 g/mol. The Balaban J connectivity index is 2.14. The van der Waals surface area contributed by atoms with E-state index in [-0.39, 0.29) is 0 Å². The van der Waals surface area contributed by atoms with E-state index in [1.165, 1.54) is 0 Å². The van der Waals surface area contributed by atoms with Crippen molar-refractivity contribution in [2.45, 2.75) is 6.92 Å². The Kier molecular flexibility index (Phi) is 4.02. The monoisotopic (exact) mass is 243 g/mol. The topological polar surface area (TPSA) is 46.2 Å². The summed E-state index contributed by atoms with van der Waals surface area (Å²) >= 11 is 0. The fourth-order valence-electron chi connectivity index (χ4n) is 1.62. The molecule has 0 spiro atoms. The molecule has 0 aliphatic carbocycles. The van der Waals surface area contributed by atoms with Gasteiger partial charge in [-0.15, -0.1) is 0 Å². The van der Waals surface area contributed by atoms with E-state index in [0.29, 0.717) is 6.61 Å². The van der Waals surface area contributed by atoms with Gasteiger partial charge >= 0.3 is 0 Å². The summed E-state index contributed by atoms with van der Waals surface area (Å²) in [6.45, 7) is 2.63. The third kappa shape index (κ3) is 3.13. The van der Waals surface area contributed by atoms with Crippen LogP contribution in [0.3, 0.4) is 0 Å². The van der Waals surface area contributed by atoms with Gasteiger partial charge in [0.1, 0.15) is 17.4 Å². The second-order valence-electron chi connectivity index (χ2n) is 3.74. The Labute approximate surface area is 107 Å². The van der Waals surface area contributed by atoms with Crippen molar-refractivity contribution < 1.29 is 4.74 Å². The summed E-state index contributed by atoms with van der Waals surface area (Å²) in [7, 11) is 1.85. The molecule has 0 saturated heterocycles. The Morgan fingerprint density at radius 3 is 2.67 bits per heavy atom. The first-order valence-electron chi connectivity index (χ1n) is 5.96. The number of benzene rings is 1. The summed E-state index contributed by atoms with van der Waals surface area (Å²) in [5.41, 5.74) is 0.960. The minimum Gasteiger partial charge on any atom is -0.494 e. The lowest BCUT2D eigenvalue weighted by Gasteiger charge is -2.09. The quantitative estimate of drug-likeness (QED) is 0.846. The van der Waals surface area contributed by atoms with E-state index in [1.54, 1.807) is 0 Å². The predicted molar refractivity (Wildman–Crippen MR) is 74.7 cm³/mol. The zero-order valence-electron chi connectivity index (χ0n) is 10.6. The van der Waals surface area contributed by atoms with Crippen LogP contribution in [0.2, 0.25) is 0 Å². The highest BCUT2D eigenvalue weighted by atomic mass is 16.5. The molecule has 2 rings (SSSR count). The number of hydrogen-bond donors (Lipinski definition) is 2. The molecule has 4 nitrogen and oxygen atoms in total. The van der Waals surface area contributed by atoms with E-state index in [0.717, 1.165) is 23.1 Å². The molecule has 2 N–H and O–H groups in total. The fraction of sp³-hybridized carbons (Fsp3) is 0.214. The van der Waals surface area contributed by atoms with Gasteiger partial charge in [-0.1, -0.05) is 12.1 Å². The Hall–Kier alpha value is -2.23. The molecular formula is C14H17N3O. The van der Waals surface area contributed by atoms with Crippen LogP contribution in [-0.4, -0.2) is 18.6 Å². The van der Waals surface area contributed by atoms with Gasteiger partial charge < -0.3 is 15.4 Å². The van der Waals surface area contributed by atoms with Crippen LogP contribution in [0.25, 0.3) is 0 Å². The van der Waals surface area contributed by atoms with Crippen molar-refractivity contribution in [2.24, 2.45) is 0 Å². The first-order chi connectivity index (χ1) is 8.81. The highest BCUT2D eigenvalue weighted by Crippen LogP contribution is 2.21. The zero-order valence-corrected chi connectivity index (χ0v) is 10.6. The zero-order chi connectivity index (χ0) is 12.8. The molecule has 0 amide bonds. The molecule has 0 saturated carbocycles. The summed E-state index contributed by atoms with van der Waals surface area (Å²) < 4.78 is 5.46. The third-order valence-corrected chi connectivity index (χ3v) is 2.42. The largest absolute Gasteiger partial charge is 0.494 e. The molecule has 1 aromatic heterocycles. The molecule has 0 fully saturated rings. The van der Waals surface area contributed by atoms with E-state index in [4.69, 9.17) is 4.74 Å². The van der Waals surface area contributed by atoms with E-state index in [9.17, 15) is 0 Å². The SMILES string of the molecule is CCOc1cccc(Nc2cccc(NC)n2)c1. The van der Waals surface area contributed by atoms with Gasteiger partial charge in [0.2, 0.25) is 0 Å². The second kappa shape index (κ2) is 5.91. The molecule has 0 unspecified atom stereocenters. The standard InChI is InChI=1S/C14H17N3O/c1-3-18-12-7-4-6-11(10-12)16-14-9-5-8-13(15-2)17-14/h4-10H,3H2,1-2H3,(H2,15,16,17). The number of hydrogen-bond acceptors (Lipinski definition) is 4. The third-order valence-electron chi connectivity index (χ3n) is 2.42. The Bertz CT molecular complexity index is 514. The van der Waals surface area contributed by atoms with Crippen LogP contribution < -0.4 is 15.4 Å². The molecule has 0 aliphatic rings. The second-order valence-corrected chi connectivity index (χ2v) is 3.74. The molecule has 4 heteroatoms. The lowest BCUT2D eigenvalue weighted by atomic mass is 10.3. The van der Waals surface area contributed by atoms with Crippen LogP contribution in [0.4, 0.5) is 17.3 Å². The molecule has 94 valence electrons. The van der Waals surface area contributed by atoms with Gasteiger partial charge in [-0.25, -0.2) is 4.98 Å². The minimum atomic E-state index is 0.664. The molecule has 2 aromatic rings. The van der Waals surface area contributed by atoms with E-state index in [1.807, 2.05) is 56.4 Å². The molecule has 0 atom stereocenters. The lowest BCUT2D eigenvalue weighted by Crippen LogP contribution is -1.98. The number of anilines is 3. The molecular weight excluding hydrogens is 226 g/mol. The summed E-state index contributed by atoms with van der Waals surface area (Å²) in [6, 6.07) is 13.6. The van der Waals surface area contributed by atoms with Crippen LogP contribution in [0.15, 0.2) is 42.5 Å².